The highest BCUT2D eigenvalue weighted by atomic mass is 127. The van der Waals surface area contributed by atoms with Crippen molar-refractivity contribution >= 4 is 35.6 Å². The molecule has 1 aromatic carbocycles. The monoisotopic (exact) mass is 477 g/mol. The second kappa shape index (κ2) is 9.73. The number of nitrogens with one attached hydrogen (secondary N) is 2. The van der Waals surface area contributed by atoms with Crippen molar-refractivity contribution in [3.8, 4) is 0 Å². The molecule has 2 aromatic heterocycles. The lowest BCUT2D eigenvalue weighted by molar-refractivity contribution is 0.508. The first kappa shape index (κ1) is 21.2. The molecule has 0 spiro atoms. The number of halogens is 1. The van der Waals surface area contributed by atoms with E-state index in [1.807, 2.05) is 34.9 Å². The van der Waals surface area contributed by atoms with E-state index < -0.39 is 0 Å². The molecule has 0 radical (unpaired) electrons. The molecule has 144 valence electrons. The molecule has 0 atom stereocenters. The molecule has 0 bridgehead atoms. The van der Waals surface area contributed by atoms with Crippen LogP contribution >= 0.6 is 24.0 Å². The molecule has 0 saturated heterocycles. The average molecular weight is 477 g/mol. The molecule has 0 aliphatic rings. The van der Waals surface area contributed by atoms with Crippen molar-refractivity contribution in [2.45, 2.75) is 25.7 Å². The van der Waals surface area contributed by atoms with Crippen molar-refractivity contribution in [3.05, 3.63) is 72.2 Å². The number of aliphatic imine (C=N–C) groups is 1. The third-order valence-corrected chi connectivity index (χ3v) is 4.56. The van der Waals surface area contributed by atoms with Crippen molar-refractivity contribution in [3.63, 3.8) is 0 Å². The molecular formula is C21H28IN5. The van der Waals surface area contributed by atoms with Crippen LogP contribution in [0.5, 0.6) is 0 Å². The molecule has 0 aliphatic carbocycles. The minimum Gasteiger partial charge on any atom is -0.356 e. The Kier molecular flexibility index (Phi) is 7.65. The number of fused-ring (bicyclic) bond motifs is 1. The van der Waals surface area contributed by atoms with Gasteiger partial charge in [-0.3, -0.25) is 4.99 Å². The van der Waals surface area contributed by atoms with Crippen molar-refractivity contribution in [1.82, 2.24) is 20.0 Å². The first-order chi connectivity index (χ1) is 12.6. The van der Waals surface area contributed by atoms with E-state index >= 15 is 0 Å². The Bertz CT molecular complexity index is 837. The van der Waals surface area contributed by atoms with E-state index in [0.29, 0.717) is 0 Å². The molecule has 2 heterocycles. The molecule has 3 aromatic rings. The average Bonchev–Trinajstić information content (AvgIpc) is 3.08. The number of hydrogen-bond donors (Lipinski definition) is 2. The third-order valence-electron chi connectivity index (χ3n) is 4.56. The van der Waals surface area contributed by atoms with E-state index in [2.05, 4.69) is 64.9 Å². The summed E-state index contributed by atoms with van der Waals surface area (Å²) in [6, 6.07) is 16.6. The van der Waals surface area contributed by atoms with E-state index in [9.17, 15) is 0 Å². The molecule has 5 nitrogen and oxygen atoms in total. The maximum absolute atomic E-state index is 4.62. The van der Waals surface area contributed by atoms with Crippen molar-refractivity contribution < 1.29 is 0 Å². The molecule has 6 heteroatoms. The predicted molar refractivity (Wildman–Crippen MR) is 123 cm³/mol. The molecular weight excluding hydrogens is 449 g/mol. The topological polar surface area (TPSA) is 53.7 Å². The summed E-state index contributed by atoms with van der Waals surface area (Å²) >= 11 is 0. The highest BCUT2D eigenvalue weighted by molar-refractivity contribution is 14.0. The van der Waals surface area contributed by atoms with Crippen LogP contribution in [0.15, 0.2) is 65.9 Å². The lowest BCUT2D eigenvalue weighted by Crippen LogP contribution is -2.44. The van der Waals surface area contributed by atoms with Gasteiger partial charge in [0.05, 0.1) is 5.69 Å². The van der Waals surface area contributed by atoms with Gasteiger partial charge in [-0.2, -0.15) is 0 Å². The Hall–Kier alpha value is -2.09. The fourth-order valence-electron chi connectivity index (χ4n) is 2.93. The fourth-order valence-corrected chi connectivity index (χ4v) is 2.93. The van der Waals surface area contributed by atoms with Crippen molar-refractivity contribution in [2.24, 2.45) is 4.99 Å². The second-order valence-electron chi connectivity index (χ2n) is 7.05. The zero-order valence-corrected chi connectivity index (χ0v) is 18.5. The summed E-state index contributed by atoms with van der Waals surface area (Å²) in [6.45, 7) is 6.07. The van der Waals surface area contributed by atoms with Gasteiger partial charge in [0.15, 0.2) is 5.96 Å². The van der Waals surface area contributed by atoms with Gasteiger partial charge in [-0.25, -0.2) is 4.98 Å². The Balaban J connectivity index is 0.00000261. The largest absolute Gasteiger partial charge is 0.356 e. The minimum absolute atomic E-state index is 0. The number of guanidine groups is 1. The molecule has 3 rings (SSSR count). The smallest absolute Gasteiger partial charge is 0.191 e. The van der Waals surface area contributed by atoms with Crippen LogP contribution in [0.2, 0.25) is 0 Å². The Morgan fingerprint density at radius 3 is 2.52 bits per heavy atom. The molecule has 0 saturated carbocycles. The van der Waals surface area contributed by atoms with Gasteiger partial charge < -0.3 is 15.0 Å². The molecule has 0 unspecified atom stereocenters. The Labute approximate surface area is 178 Å². The Morgan fingerprint density at radius 1 is 1.07 bits per heavy atom. The summed E-state index contributed by atoms with van der Waals surface area (Å²) in [5.41, 5.74) is 3.39. The Morgan fingerprint density at radius 2 is 1.81 bits per heavy atom. The van der Waals surface area contributed by atoms with Crippen LogP contribution in [0.3, 0.4) is 0 Å². The van der Waals surface area contributed by atoms with Crippen LogP contribution in [0.4, 0.5) is 0 Å². The second-order valence-corrected chi connectivity index (χ2v) is 7.05. The number of benzene rings is 1. The number of nitrogens with zero attached hydrogens (tertiary/aromatic N) is 3. The van der Waals surface area contributed by atoms with Crippen molar-refractivity contribution in [2.75, 3.05) is 20.1 Å². The SMILES string of the molecule is CN=C(NCCc1cn2ccccc2n1)NCC(C)(C)c1ccccc1.I. The van der Waals surface area contributed by atoms with Gasteiger partial charge in [-0.05, 0) is 17.7 Å². The predicted octanol–water partition coefficient (Wildman–Crippen LogP) is 3.64. The van der Waals surface area contributed by atoms with Gasteiger partial charge >= 0.3 is 0 Å². The number of pyridine rings is 1. The van der Waals surface area contributed by atoms with Crippen LogP contribution in [0.25, 0.3) is 5.65 Å². The summed E-state index contributed by atoms with van der Waals surface area (Å²) in [7, 11) is 1.80. The van der Waals surface area contributed by atoms with Crippen molar-refractivity contribution in [1.29, 1.82) is 0 Å². The van der Waals surface area contributed by atoms with Crippen LogP contribution in [-0.2, 0) is 11.8 Å². The zero-order chi connectivity index (χ0) is 18.4. The summed E-state index contributed by atoms with van der Waals surface area (Å²) < 4.78 is 2.05. The number of hydrogen-bond acceptors (Lipinski definition) is 2. The van der Waals surface area contributed by atoms with Gasteiger partial charge in [0, 0.05) is 44.4 Å². The quantitative estimate of drug-likeness (QED) is 0.324. The van der Waals surface area contributed by atoms with E-state index in [-0.39, 0.29) is 29.4 Å². The zero-order valence-electron chi connectivity index (χ0n) is 16.1. The molecule has 0 aliphatic heterocycles. The van der Waals surface area contributed by atoms with Crippen LogP contribution in [0.1, 0.15) is 25.1 Å². The van der Waals surface area contributed by atoms with E-state index in [4.69, 9.17) is 0 Å². The summed E-state index contributed by atoms with van der Waals surface area (Å²) in [5, 5.41) is 6.81. The number of imidazole rings is 1. The number of rotatable bonds is 6. The lowest BCUT2D eigenvalue weighted by Gasteiger charge is -2.26. The maximum Gasteiger partial charge on any atom is 0.191 e. The normalized spacial score (nSPS) is 11.9. The maximum atomic E-state index is 4.62. The van der Waals surface area contributed by atoms with E-state index in [1.54, 1.807) is 7.05 Å². The molecule has 0 amide bonds. The summed E-state index contributed by atoms with van der Waals surface area (Å²) in [4.78, 5) is 8.95. The minimum atomic E-state index is 0. The highest BCUT2D eigenvalue weighted by Gasteiger charge is 2.20. The van der Waals surface area contributed by atoms with Gasteiger partial charge in [0.1, 0.15) is 5.65 Å². The fraction of sp³-hybridized carbons (Fsp3) is 0.333. The molecule has 0 fully saturated rings. The van der Waals surface area contributed by atoms with Gasteiger partial charge in [-0.1, -0.05) is 50.2 Å². The van der Waals surface area contributed by atoms with Gasteiger partial charge in [0.2, 0.25) is 0 Å². The van der Waals surface area contributed by atoms with Gasteiger partial charge in [-0.15, -0.1) is 24.0 Å². The van der Waals surface area contributed by atoms with E-state index in [1.165, 1.54) is 5.56 Å². The standard InChI is InChI=1S/C21H27N5.HI/c1-21(2,17-9-5-4-6-10-17)16-24-20(22-3)23-13-12-18-15-26-14-8-7-11-19(26)25-18;/h4-11,14-15H,12-13,16H2,1-3H3,(H2,22,23,24);1H. The van der Waals surface area contributed by atoms with Crippen LogP contribution < -0.4 is 10.6 Å². The first-order valence-electron chi connectivity index (χ1n) is 9.01. The third kappa shape index (κ3) is 5.69. The molecule has 2 N–H and O–H groups in total. The summed E-state index contributed by atoms with van der Waals surface area (Å²) in [5.74, 6) is 0.817. The van der Waals surface area contributed by atoms with Crippen LogP contribution in [0, 0.1) is 0 Å². The lowest BCUT2D eigenvalue weighted by atomic mass is 9.85. The van der Waals surface area contributed by atoms with Gasteiger partial charge in [0.25, 0.3) is 0 Å². The number of aromatic nitrogens is 2. The van der Waals surface area contributed by atoms with Crippen LogP contribution in [-0.4, -0.2) is 35.5 Å². The molecule has 27 heavy (non-hydrogen) atoms. The van der Waals surface area contributed by atoms with E-state index in [0.717, 1.165) is 36.8 Å². The highest BCUT2D eigenvalue weighted by Crippen LogP contribution is 2.21. The summed E-state index contributed by atoms with van der Waals surface area (Å²) in [6.07, 6.45) is 4.95. The first-order valence-corrected chi connectivity index (χ1v) is 9.01.